The molecule has 0 aliphatic rings. The second kappa shape index (κ2) is 4.24. The lowest BCUT2D eigenvalue weighted by Gasteiger charge is -1.96. The van der Waals surface area contributed by atoms with Gasteiger partial charge in [0.1, 0.15) is 0 Å². The summed E-state index contributed by atoms with van der Waals surface area (Å²) < 4.78 is 0. The van der Waals surface area contributed by atoms with Crippen LogP contribution in [0.25, 0.3) is 16.1 Å². The molecule has 2 nitrogen and oxygen atoms in total. The molecule has 0 amide bonds. The Hall–Kier alpha value is -1.66. The van der Waals surface area contributed by atoms with Gasteiger partial charge in [-0.2, -0.15) is 0 Å². The van der Waals surface area contributed by atoms with Crippen LogP contribution in [0.5, 0.6) is 0 Å². The van der Waals surface area contributed by atoms with Crippen molar-refractivity contribution in [3.05, 3.63) is 51.6 Å². The lowest BCUT2D eigenvalue weighted by atomic mass is 10.1. The summed E-state index contributed by atoms with van der Waals surface area (Å²) in [6.07, 6.45) is 0. The van der Waals surface area contributed by atoms with E-state index < -0.39 is 0 Å². The number of nitrogens with zero attached hydrogens (tertiary/aromatic N) is 2. The van der Waals surface area contributed by atoms with Crippen molar-refractivity contribution in [1.82, 2.24) is 4.98 Å². The van der Waals surface area contributed by atoms with Crippen LogP contribution in [0.3, 0.4) is 0 Å². The summed E-state index contributed by atoms with van der Waals surface area (Å²) in [6.45, 7) is 9.22. The van der Waals surface area contributed by atoms with Crippen molar-refractivity contribution in [2.75, 3.05) is 0 Å². The zero-order valence-corrected chi connectivity index (χ0v) is 9.21. The first kappa shape index (κ1) is 9.88. The topological polar surface area (TPSA) is 17.2 Å². The lowest BCUT2D eigenvalue weighted by molar-refractivity contribution is 1.19. The summed E-state index contributed by atoms with van der Waals surface area (Å²) in [5, 5.41) is 2.89. The van der Waals surface area contributed by atoms with Crippen molar-refractivity contribution in [1.29, 1.82) is 0 Å². The Kier molecular flexibility index (Phi) is 2.79. The predicted octanol–water partition coefficient (Wildman–Crippen LogP) is 3.54. The first-order valence-corrected chi connectivity index (χ1v) is 5.52. The molecule has 0 unspecified atom stereocenters. The predicted molar refractivity (Wildman–Crippen MR) is 62.6 cm³/mol. The molecule has 0 saturated heterocycles. The highest BCUT2D eigenvalue weighted by Gasteiger charge is 2.05. The summed E-state index contributed by atoms with van der Waals surface area (Å²) in [7, 11) is 0. The highest BCUT2D eigenvalue weighted by atomic mass is 32.1. The Labute approximate surface area is 93.0 Å². The molecule has 1 aromatic carbocycles. The van der Waals surface area contributed by atoms with Crippen LogP contribution in [0.1, 0.15) is 10.6 Å². The molecule has 0 aliphatic carbocycles. The zero-order valence-electron chi connectivity index (χ0n) is 8.40. The molecule has 0 aliphatic heterocycles. The van der Waals surface area contributed by atoms with Gasteiger partial charge in [0, 0.05) is 10.9 Å². The Balaban J connectivity index is 2.30. The molecule has 2 aromatic rings. The molecule has 74 valence electrons. The van der Waals surface area contributed by atoms with Gasteiger partial charge in [-0.1, -0.05) is 29.8 Å². The smallest absolute Gasteiger partial charge is 0.265 e. The van der Waals surface area contributed by atoms with Crippen molar-refractivity contribution in [2.24, 2.45) is 0 Å². The second-order valence-electron chi connectivity index (χ2n) is 3.31. The first-order chi connectivity index (χ1) is 7.29. The Bertz CT molecular complexity index is 491. The second-order valence-corrected chi connectivity index (χ2v) is 4.25. The van der Waals surface area contributed by atoms with Crippen molar-refractivity contribution < 1.29 is 0 Å². The summed E-state index contributed by atoms with van der Waals surface area (Å²) in [5.74, 6) is 0. The van der Waals surface area contributed by atoms with E-state index in [0.29, 0.717) is 6.54 Å². The van der Waals surface area contributed by atoms with Crippen LogP contribution >= 0.6 is 11.3 Å². The molecule has 15 heavy (non-hydrogen) atoms. The molecule has 3 heteroatoms. The standard InChI is InChI=1S/C12H10N2S/c1-9-3-5-10(6-4-9)11-8-15-12(14-11)7-13-2/h3-6,8H,7H2,1H3. The van der Waals surface area contributed by atoms with Gasteiger partial charge in [0.2, 0.25) is 0 Å². The van der Waals surface area contributed by atoms with E-state index in [2.05, 4.69) is 41.0 Å². The quantitative estimate of drug-likeness (QED) is 0.699. The van der Waals surface area contributed by atoms with Gasteiger partial charge < -0.3 is 4.85 Å². The minimum Gasteiger partial charge on any atom is -0.309 e. The van der Waals surface area contributed by atoms with Crippen LogP contribution in [0.4, 0.5) is 0 Å². The van der Waals surface area contributed by atoms with Crippen LogP contribution in [0.15, 0.2) is 29.6 Å². The van der Waals surface area contributed by atoms with Gasteiger partial charge in [-0.3, -0.25) is 0 Å². The van der Waals surface area contributed by atoms with E-state index in [0.717, 1.165) is 16.3 Å². The molecule has 0 fully saturated rings. The van der Waals surface area contributed by atoms with Gasteiger partial charge >= 0.3 is 0 Å². The van der Waals surface area contributed by atoms with E-state index in [4.69, 9.17) is 6.57 Å². The van der Waals surface area contributed by atoms with E-state index in [-0.39, 0.29) is 0 Å². The molecule has 0 spiro atoms. The third kappa shape index (κ3) is 2.23. The van der Waals surface area contributed by atoms with Crippen LogP contribution in [-0.4, -0.2) is 4.98 Å². The minimum absolute atomic E-state index is 0.385. The van der Waals surface area contributed by atoms with Crippen LogP contribution in [0.2, 0.25) is 0 Å². The third-order valence-electron chi connectivity index (χ3n) is 2.11. The summed E-state index contributed by atoms with van der Waals surface area (Å²) >= 11 is 1.55. The van der Waals surface area contributed by atoms with Crippen LogP contribution in [-0.2, 0) is 6.54 Å². The molecule has 2 rings (SSSR count). The van der Waals surface area contributed by atoms with Gasteiger partial charge in [-0.05, 0) is 6.92 Å². The van der Waals surface area contributed by atoms with Gasteiger partial charge in [-0.25, -0.2) is 11.6 Å². The molecular formula is C12H10N2S. The summed E-state index contributed by atoms with van der Waals surface area (Å²) in [4.78, 5) is 7.73. The maximum absolute atomic E-state index is 6.77. The minimum atomic E-state index is 0.385. The van der Waals surface area contributed by atoms with Gasteiger partial charge in [0.25, 0.3) is 6.54 Å². The normalized spacial score (nSPS) is 9.87. The fourth-order valence-corrected chi connectivity index (χ4v) is 2.03. The van der Waals surface area contributed by atoms with Gasteiger partial charge in [-0.15, -0.1) is 11.3 Å². The SMILES string of the molecule is [C-]#[N+]Cc1nc(-c2ccc(C)cc2)cs1. The van der Waals surface area contributed by atoms with E-state index >= 15 is 0 Å². The number of benzene rings is 1. The van der Waals surface area contributed by atoms with E-state index in [1.807, 2.05) is 5.38 Å². The molecular weight excluding hydrogens is 204 g/mol. The number of rotatable bonds is 2. The monoisotopic (exact) mass is 214 g/mol. The zero-order chi connectivity index (χ0) is 10.7. The molecule has 1 heterocycles. The average Bonchev–Trinajstić information content (AvgIpc) is 2.68. The molecule has 0 atom stereocenters. The van der Waals surface area contributed by atoms with E-state index in [1.165, 1.54) is 5.56 Å². The van der Waals surface area contributed by atoms with Crippen molar-refractivity contribution in [2.45, 2.75) is 13.5 Å². The molecule has 0 N–H and O–H groups in total. The number of thiazole rings is 1. The Morgan fingerprint density at radius 2 is 2.07 bits per heavy atom. The first-order valence-electron chi connectivity index (χ1n) is 4.64. The van der Waals surface area contributed by atoms with Gasteiger partial charge in [0.05, 0.1) is 5.69 Å². The number of aryl methyl sites for hydroxylation is 1. The summed E-state index contributed by atoms with van der Waals surface area (Å²) in [6, 6.07) is 8.27. The fourth-order valence-electron chi connectivity index (χ4n) is 1.31. The molecule has 1 aromatic heterocycles. The Morgan fingerprint density at radius 1 is 1.33 bits per heavy atom. The van der Waals surface area contributed by atoms with Crippen LogP contribution < -0.4 is 0 Å². The average molecular weight is 214 g/mol. The molecule has 0 radical (unpaired) electrons. The molecule has 0 saturated carbocycles. The van der Waals surface area contributed by atoms with Crippen molar-refractivity contribution >= 4 is 11.3 Å². The fraction of sp³-hybridized carbons (Fsp3) is 0.167. The molecule has 0 bridgehead atoms. The van der Waals surface area contributed by atoms with Crippen molar-refractivity contribution in [3.8, 4) is 11.3 Å². The third-order valence-corrected chi connectivity index (χ3v) is 2.95. The number of hydrogen-bond acceptors (Lipinski definition) is 2. The number of hydrogen-bond donors (Lipinski definition) is 0. The largest absolute Gasteiger partial charge is 0.309 e. The summed E-state index contributed by atoms with van der Waals surface area (Å²) in [5.41, 5.74) is 3.34. The van der Waals surface area contributed by atoms with Gasteiger partial charge in [0.15, 0.2) is 5.01 Å². The highest BCUT2D eigenvalue weighted by Crippen LogP contribution is 2.22. The highest BCUT2D eigenvalue weighted by molar-refractivity contribution is 7.09. The Morgan fingerprint density at radius 3 is 2.73 bits per heavy atom. The van der Waals surface area contributed by atoms with Crippen molar-refractivity contribution in [3.63, 3.8) is 0 Å². The maximum Gasteiger partial charge on any atom is 0.265 e. The lowest BCUT2D eigenvalue weighted by Crippen LogP contribution is -1.80. The van der Waals surface area contributed by atoms with E-state index in [9.17, 15) is 0 Å². The number of aromatic nitrogens is 1. The van der Waals surface area contributed by atoms with Crippen LogP contribution in [0, 0.1) is 13.5 Å². The maximum atomic E-state index is 6.77. The van der Waals surface area contributed by atoms with E-state index in [1.54, 1.807) is 11.3 Å².